The molecule has 2 aliphatic rings. The van der Waals surface area contributed by atoms with Gasteiger partial charge in [-0.3, -0.25) is 0 Å². The fraction of sp³-hybridized carbons (Fsp3) is 0.200. The molecule has 1 heteroatoms. The third-order valence-corrected chi connectivity index (χ3v) is 3.22. The Morgan fingerprint density at radius 3 is 3.00 bits per heavy atom. The molecule has 1 aliphatic carbocycles. The van der Waals surface area contributed by atoms with E-state index in [1.54, 1.807) is 0 Å². The average Bonchev–Trinajstić information content (AvgIpc) is 2.49. The lowest BCUT2D eigenvalue weighted by atomic mass is 9.91. The maximum absolute atomic E-state index is 5.84. The van der Waals surface area contributed by atoms with Crippen molar-refractivity contribution in [3.05, 3.63) is 65.5 Å². The predicted molar refractivity (Wildman–Crippen MR) is 65.7 cm³/mol. The van der Waals surface area contributed by atoms with Crippen molar-refractivity contribution in [1.29, 1.82) is 0 Å². The van der Waals surface area contributed by atoms with Gasteiger partial charge in [0.15, 0.2) is 0 Å². The number of benzene rings is 1. The molecule has 0 radical (unpaired) electrons. The Morgan fingerprint density at radius 2 is 2.06 bits per heavy atom. The summed E-state index contributed by atoms with van der Waals surface area (Å²) in [5, 5.41) is 0. The van der Waals surface area contributed by atoms with Crippen LogP contribution in [0.15, 0.2) is 54.3 Å². The van der Waals surface area contributed by atoms with Gasteiger partial charge in [0.05, 0.1) is 0 Å². The van der Waals surface area contributed by atoms with Crippen LogP contribution in [0, 0.1) is 0 Å². The van der Waals surface area contributed by atoms with Crippen molar-refractivity contribution in [3.8, 4) is 0 Å². The summed E-state index contributed by atoms with van der Waals surface area (Å²) in [4.78, 5) is 0. The van der Waals surface area contributed by atoms with Gasteiger partial charge in [-0.15, -0.1) is 0 Å². The van der Waals surface area contributed by atoms with Crippen molar-refractivity contribution in [2.24, 2.45) is 0 Å². The van der Waals surface area contributed by atoms with E-state index < -0.39 is 0 Å². The second-order valence-electron chi connectivity index (χ2n) is 4.21. The lowest BCUT2D eigenvalue weighted by Gasteiger charge is -2.14. The van der Waals surface area contributed by atoms with Gasteiger partial charge < -0.3 is 4.74 Å². The van der Waals surface area contributed by atoms with Crippen molar-refractivity contribution in [3.63, 3.8) is 0 Å². The zero-order chi connectivity index (χ0) is 11.0. The van der Waals surface area contributed by atoms with E-state index in [0.717, 1.165) is 24.2 Å². The topological polar surface area (TPSA) is 9.23 Å². The van der Waals surface area contributed by atoms with Gasteiger partial charge in [0, 0.05) is 5.57 Å². The highest BCUT2D eigenvalue weighted by Crippen LogP contribution is 2.36. The van der Waals surface area contributed by atoms with Crippen LogP contribution in [0.5, 0.6) is 0 Å². The molecule has 16 heavy (non-hydrogen) atoms. The quantitative estimate of drug-likeness (QED) is 0.632. The van der Waals surface area contributed by atoms with Crippen LogP contribution in [0.2, 0.25) is 0 Å². The molecule has 0 spiro atoms. The van der Waals surface area contributed by atoms with Crippen LogP contribution in [0.4, 0.5) is 0 Å². The van der Waals surface area contributed by atoms with Crippen LogP contribution in [0.1, 0.15) is 24.0 Å². The lowest BCUT2D eigenvalue weighted by molar-refractivity contribution is 0.209. The number of ether oxygens (including phenoxy) is 1. The number of rotatable bonds is 0. The van der Waals surface area contributed by atoms with E-state index in [0.29, 0.717) is 6.61 Å². The Hall–Kier alpha value is -1.76. The second-order valence-corrected chi connectivity index (χ2v) is 4.21. The molecule has 0 atom stereocenters. The molecule has 1 aromatic carbocycles. The second kappa shape index (κ2) is 3.67. The van der Waals surface area contributed by atoms with Gasteiger partial charge in [-0.25, -0.2) is 0 Å². The Kier molecular flexibility index (Phi) is 2.17. The minimum atomic E-state index is 0.651. The molecule has 0 bridgehead atoms. The molecule has 1 aliphatic heterocycles. The molecular weight excluding hydrogens is 196 g/mol. The summed E-state index contributed by atoms with van der Waals surface area (Å²) in [6, 6.07) is 8.36. The third kappa shape index (κ3) is 1.40. The van der Waals surface area contributed by atoms with Crippen LogP contribution < -0.4 is 0 Å². The first-order valence-electron chi connectivity index (χ1n) is 5.66. The molecule has 0 amide bonds. The minimum absolute atomic E-state index is 0.651. The summed E-state index contributed by atoms with van der Waals surface area (Å²) in [6.07, 6.45) is 6.38. The van der Waals surface area contributed by atoms with Crippen molar-refractivity contribution in [1.82, 2.24) is 0 Å². The Bertz CT molecular complexity index is 506. The molecule has 1 heterocycles. The molecule has 0 unspecified atom stereocenters. The van der Waals surface area contributed by atoms with Gasteiger partial charge in [0.2, 0.25) is 0 Å². The molecular formula is C15H14O. The summed E-state index contributed by atoms with van der Waals surface area (Å²) >= 11 is 0. The van der Waals surface area contributed by atoms with Gasteiger partial charge in [-0.2, -0.15) is 0 Å². The first-order valence-corrected chi connectivity index (χ1v) is 5.66. The van der Waals surface area contributed by atoms with Gasteiger partial charge in [-0.1, -0.05) is 36.9 Å². The maximum atomic E-state index is 5.84. The zero-order valence-corrected chi connectivity index (χ0v) is 9.20. The predicted octanol–water partition coefficient (Wildman–Crippen LogP) is 3.83. The summed E-state index contributed by atoms with van der Waals surface area (Å²) in [5.74, 6) is 1.01. The first kappa shape index (κ1) is 9.46. The van der Waals surface area contributed by atoms with Gasteiger partial charge in [0.1, 0.15) is 12.4 Å². The van der Waals surface area contributed by atoms with E-state index in [1.165, 1.54) is 16.7 Å². The van der Waals surface area contributed by atoms with Gasteiger partial charge >= 0.3 is 0 Å². The fourth-order valence-corrected chi connectivity index (χ4v) is 2.34. The monoisotopic (exact) mass is 210 g/mol. The molecule has 0 fully saturated rings. The van der Waals surface area contributed by atoms with Crippen LogP contribution in [-0.4, -0.2) is 0 Å². The lowest BCUT2D eigenvalue weighted by Crippen LogP contribution is -1.96. The van der Waals surface area contributed by atoms with Crippen molar-refractivity contribution < 1.29 is 4.74 Å². The molecule has 1 nitrogen and oxygen atoms in total. The largest absolute Gasteiger partial charge is 0.489 e. The highest BCUT2D eigenvalue weighted by atomic mass is 16.5. The highest BCUT2D eigenvalue weighted by molar-refractivity contribution is 5.80. The Morgan fingerprint density at radius 1 is 1.19 bits per heavy atom. The van der Waals surface area contributed by atoms with Crippen molar-refractivity contribution in [2.45, 2.75) is 19.4 Å². The average molecular weight is 210 g/mol. The first-order chi connectivity index (χ1) is 7.86. The van der Waals surface area contributed by atoms with Crippen molar-refractivity contribution in [2.75, 3.05) is 0 Å². The third-order valence-electron chi connectivity index (χ3n) is 3.22. The van der Waals surface area contributed by atoms with Crippen LogP contribution in [0.25, 0.3) is 5.57 Å². The number of allylic oxidation sites excluding steroid dienone is 4. The normalized spacial score (nSPS) is 18.6. The fourth-order valence-electron chi connectivity index (χ4n) is 2.34. The molecule has 1 aromatic rings. The van der Waals surface area contributed by atoms with E-state index >= 15 is 0 Å². The molecule has 0 aromatic heterocycles. The molecule has 0 saturated carbocycles. The van der Waals surface area contributed by atoms with E-state index in [-0.39, 0.29) is 0 Å². The van der Waals surface area contributed by atoms with Crippen LogP contribution in [0.3, 0.4) is 0 Å². The standard InChI is InChI=1S/C15H14O/c1-11-13-7-3-2-6-12(13)10-16-15-9-5-4-8-14(11)15/h2-3,5-7,9H,1,4,8,10H2. The summed E-state index contributed by atoms with van der Waals surface area (Å²) in [6.45, 7) is 4.88. The molecule has 80 valence electrons. The Balaban J connectivity index is 2.13. The Labute approximate surface area is 95.7 Å². The van der Waals surface area contributed by atoms with Crippen LogP contribution in [-0.2, 0) is 11.3 Å². The van der Waals surface area contributed by atoms with E-state index in [9.17, 15) is 0 Å². The summed E-state index contributed by atoms with van der Waals surface area (Å²) < 4.78 is 5.84. The van der Waals surface area contributed by atoms with Crippen LogP contribution >= 0.6 is 0 Å². The van der Waals surface area contributed by atoms with Gasteiger partial charge in [-0.05, 0) is 35.6 Å². The maximum Gasteiger partial charge on any atom is 0.123 e. The number of hydrogen-bond donors (Lipinski definition) is 0. The highest BCUT2D eigenvalue weighted by Gasteiger charge is 2.19. The number of hydrogen-bond acceptors (Lipinski definition) is 1. The van der Waals surface area contributed by atoms with E-state index in [2.05, 4.69) is 43.0 Å². The molecule has 0 N–H and O–H groups in total. The van der Waals surface area contributed by atoms with Crippen molar-refractivity contribution >= 4 is 5.57 Å². The minimum Gasteiger partial charge on any atom is -0.489 e. The number of fused-ring (bicyclic) bond motifs is 1. The van der Waals surface area contributed by atoms with Gasteiger partial charge in [0.25, 0.3) is 0 Å². The zero-order valence-electron chi connectivity index (χ0n) is 9.20. The SMILES string of the molecule is C=C1C2=C(C=CCC2)OCc2ccccc21. The van der Waals surface area contributed by atoms with E-state index in [1.807, 2.05) is 0 Å². The smallest absolute Gasteiger partial charge is 0.123 e. The summed E-state index contributed by atoms with van der Waals surface area (Å²) in [7, 11) is 0. The molecule has 3 rings (SSSR count). The van der Waals surface area contributed by atoms with E-state index in [4.69, 9.17) is 4.74 Å². The molecule has 0 saturated heterocycles. The summed E-state index contributed by atoms with van der Waals surface area (Å²) in [5.41, 5.74) is 4.87.